The van der Waals surface area contributed by atoms with Crippen LogP contribution in [-0.4, -0.2) is 62.0 Å². The first kappa shape index (κ1) is 21.2. The molecule has 0 bridgehead atoms. The van der Waals surface area contributed by atoms with Crippen LogP contribution in [0.15, 0.2) is 47.5 Å². The average Bonchev–Trinajstić information content (AvgIpc) is 2.68. The molecule has 29 heavy (non-hydrogen) atoms. The molecule has 1 aromatic carbocycles. The topological polar surface area (TPSA) is 109 Å². The molecule has 1 saturated heterocycles. The van der Waals surface area contributed by atoms with Gasteiger partial charge >= 0.3 is 0 Å². The lowest BCUT2D eigenvalue weighted by Crippen LogP contribution is -2.51. The number of nitrogens with zero attached hydrogens (tertiary/aromatic N) is 4. The van der Waals surface area contributed by atoms with E-state index in [9.17, 15) is 18.5 Å². The minimum atomic E-state index is -4.00. The molecule has 2 aromatic rings. The molecule has 1 aliphatic rings. The van der Waals surface area contributed by atoms with E-state index in [-0.39, 0.29) is 10.9 Å². The maximum absolute atomic E-state index is 12.7. The Morgan fingerprint density at radius 3 is 2.55 bits per heavy atom. The molecule has 0 spiro atoms. The molecule has 0 aliphatic carbocycles. The lowest BCUT2D eigenvalue weighted by atomic mass is 10.2. The highest BCUT2D eigenvalue weighted by molar-refractivity contribution is 7.89. The molecule has 1 fully saturated rings. The number of anilines is 1. The van der Waals surface area contributed by atoms with E-state index < -0.39 is 20.6 Å². The summed E-state index contributed by atoms with van der Waals surface area (Å²) in [6.45, 7) is 7.15. The number of aromatic nitrogens is 1. The van der Waals surface area contributed by atoms with Crippen LogP contribution in [0.4, 0.5) is 11.5 Å². The molecule has 0 radical (unpaired) electrons. The molecule has 2 heterocycles. The van der Waals surface area contributed by atoms with Crippen molar-refractivity contribution in [2.24, 2.45) is 0 Å². The lowest BCUT2D eigenvalue weighted by molar-refractivity contribution is -0.387. The molecule has 1 aliphatic heterocycles. The number of rotatable bonds is 7. The van der Waals surface area contributed by atoms with Crippen LogP contribution in [0.1, 0.15) is 12.5 Å². The van der Waals surface area contributed by atoms with Gasteiger partial charge in [0, 0.05) is 51.0 Å². The molecule has 1 unspecified atom stereocenters. The van der Waals surface area contributed by atoms with Crippen LogP contribution in [0.5, 0.6) is 0 Å². The van der Waals surface area contributed by atoms with Crippen molar-refractivity contribution in [3.63, 3.8) is 0 Å². The predicted molar refractivity (Wildman–Crippen MR) is 111 cm³/mol. The van der Waals surface area contributed by atoms with Gasteiger partial charge in [0.1, 0.15) is 5.82 Å². The van der Waals surface area contributed by atoms with Crippen LogP contribution in [0.3, 0.4) is 0 Å². The first-order valence-corrected chi connectivity index (χ1v) is 10.9. The zero-order chi connectivity index (χ0) is 21.0. The van der Waals surface area contributed by atoms with Crippen molar-refractivity contribution in [3.8, 4) is 0 Å². The van der Waals surface area contributed by atoms with Crippen LogP contribution in [0, 0.1) is 17.0 Å². The average molecular weight is 420 g/mol. The van der Waals surface area contributed by atoms with Crippen molar-refractivity contribution in [2.45, 2.75) is 24.8 Å². The van der Waals surface area contributed by atoms with E-state index in [2.05, 4.69) is 19.5 Å². The maximum atomic E-state index is 12.7. The van der Waals surface area contributed by atoms with Crippen LogP contribution >= 0.6 is 0 Å². The normalized spacial score (nSPS) is 16.6. The minimum Gasteiger partial charge on any atom is -0.354 e. The van der Waals surface area contributed by atoms with Gasteiger partial charge in [0.2, 0.25) is 10.0 Å². The number of nitrogens with one attached hydrogen (secondary N) is 1. The Bertz CT molecular complexity index is 960. The SMILES string of the molecule is Cc1ccc(S(=O)(=O)NC(C)CN2CCN(c3ccccn3)CC2)c([N+](=O)[O-])c1. The summed E-state index contributed by atoms with van der Waals surface area (Å²) in [4.78, 5) is 19.0. The van der Waals surface area contributed by atoms with Crippen molar-refractivity contribution < 1.29 is 13.3 Å². The molecular weight excluding hydrogens is 394 g/mol. The third-order valence-corrected chi connectivity index (χ3v) is 6.47. The van der Waals surface area contributed by atoms with E-state index in [0.717, 1.165) is 32.0 Å². The number of hydrogen-bond donors (Lipinski definition) is 1. The number of sulfonamides is 1. The van der Waals surface area contributed by atoms with Gasteiger partial charge in [-0.3, -0.25) is 15.0 Å². The van der Waals surface area contributed by atoms with E-state index in [4.69, 9.17) is 0 Å². The van der Waals surface area contributed by atoms with E-state index in [1.165, 1.54) is 12.1 Å². The molecule has 10 heteroatoms. The van der Waals surface area contributed by atoms with Gasteiger partial charge in [-0.05, 0) is 37.6 Å². The fraction of sp³-hybridized carbons (Fsp3) is 0.421. The molecule has 9 nitrogen and oxygen atoms in total. The van der Waals surface area contributed by atoms with Gasteiger partial charge in [0.15, 0.2) is 4.90 Å². The Balaban J connectivity index is 1.60. The standard InChI is InChI=1S/C19H25N5O4S/c1-15-6-7-18(17(13-15)24(25)26)29(27,28)21-16(2)14-22-9-11-23(12-10-22)19-5-3-4-8-20-19/h3-8,13,16,21H,9-12,14H2,1-2H3. The number of benzene rings is 1. The second kappa shape index (κ2) is 8.85. The number of hydrogen-bond acceptors (Lipinski definition) is 7. The third kappa shape index (κ3) is 5.28. The lowest BCUT2D eigenvalue weighted by Gasteiger charge is -2.36. The van der Waals surface area contributed by atoms with Gasteiger partial charge in [0.05, 0.1) is 4.92 Å². The first-order chi connectivity index (χ1) is 13.8. The van der Waals surface area contributed by atoms with E-state index >= 15 is 0 Å². The van der Waals surface area contributed by atoms with E-state index in [0.29, 0.717) is 12.1 Å². The van der Waals surface area contributed by atoms with E-state index in [1.807, 2.05) is 18.2 Å². The van der Waals surface area contributed by atoms with Crippen molar-refractivity contribution in [1.29, 1.82) is 0 Å². The monoisotopic (exact) mass is 419 g/mol. The Hall–Kier alpha value is -2.56. The van der Waals surface area contributed by atoms with Gasteiger partial charge in [0.25, 0.3) is 5.69 Å². The Labute approximate surface area is 170 Å². The van der Waals surface area contributed by atoms with Crippen LogP contribution in [0.25, 0.3) is 0 Å². The van der Waals surface area contributed by atoms with E-state index in [1.54, 1.807) is 26.1 Å². The maximum Gasteiger partial charge on any atom is 0.289 e. The molecule has 1 atom stereocenters. The number of piperazine rings is 1. The highest BCUT2D eigenvalue weighted by atomic mass is 32.2. The van der Waals surface area contributed by atoms with Gasteiger partial charge in [-0.1, -0.05) is 12.1 Å². The quantitative estimate of drug-likeness (QED) is 0.538. The summed E-state index contributed by atoms with van der Waals surface area (Å²) in [6.07, 6.45) is 1.77. The zero-order valence-electron chi connectivity index (χ0n) is 16.5. The van der Waals surface area contributed by atoms with Crippen LogP contribution in [-0.2, 0) is 10.0 Å². The molecule has 0 saturated carbocycles. The molecule has 156 valence electrons. The molecule has 3 rings (SSSR count). The fourth-order valence-corrected chi connectivity index (χ4v) is 4.84. The smallest absolute Gasteiger partial charge is 0.289 e. The Morgan fingerprint density at radius 1 is 1.21 bits per heavy atom. The molecule has 1 N–H and O–H groups in total. The van der Waals surface area contributed by atoms with Crippen molar-refractivity contribution in [3.05, 3.63) is 58.3 Å². The minimum absolute atomic E-state index is 0.306. The molecule has 1 aromatic heterocycles. The molecular formula is C19H25N5O4S. The van der Waals surface area contributed by atoms with Gasteiger partial charge in [-0.15, -0.1) is 0 Å². The highest BCUT2D eigenvalue weighted by Gasteiger charge is 2.28. The second-order valence-electron chi connectivity index (χ2n) is 7.23. The zero-order valence-corrected chi connectivity index (χ0v) is 17.3. The fourth-order valence-electron chi connectivity index (χ4n) is 3.45. The largest absolute Gasteiger partial charge is 0.354 e. The third-order valence-electron chi connectivity index (χ3n) is 4.83. The second-order valence-corrected chi connectivity index (χ2v) is 8.91. The summed E-state index contributed by atoms with van der Waals surface area (Å²) in [5.41, 5.74) is 0.225. The van der Waals surface area contributed by atoms with Crippen LogP contribution < -0.4 is 9.62 Å². The van der Waals surface area contributed by atoms with Crippen molar-refractivity contribution >= 4 is 21.5 Å². The predicted octanol–water partition coefficient (Wildman–Crippen LogP) is 1.79. The summed E-state index contributed by atoms with van der Waals surface area (Å²) in [5.74, 6) is 0.938. The van der Waals surface area contributed by atoms with Crippen LogP contribution in [0.2, 0.25) is 0 Å². The van der Waals surface area contributed by atoms with Gasteiger partial charge < -0.3 is 4.90 Å². The summed E-state index contributed by atoms with van der Waals surface area (Å²) in [6, 6.07) is 9.54. The summed E-state index contributed by atoms with van der Waals surface area (Å²) in [7, 11) is -4.00. The Morgan fingerprint density at radius 2 is 1.93 bits per heavy atom. The van der Waals surface area contributed by atoms with Crippen molar-refractivity contribution in [2.75, 3.05) is 37.6 Å². The summed E-state index contributed by atoms with van der Waals surface area (Å²) >= 11 is 0. The first-order valence-electron chi connectivity index (χ1n) is 9.42. The number of aryl methyl sites for hydroxylation is 1. The number of pyridine rings is 1. The number of nitro groups is 1. The Kier molecular flexibility index (Phi) is 6.46. The van der Waals surface area contributed by atoms with Crippen molar-refractivity contribution in [1.82, 2.24) is 14.6 Å². The highest BCUT2D eigenvalue weighted by Crippen LogP contribution is 2.25. The van der Waals surface area contributed by atoms with Gasteiger partial charge in [-0.25, -0.2) is 18.1 Å². The summed E-state index contributed by atoms with van der Waals surface area (Å²) in [5, 5.41) is 11.3. The number of nitro benzene ring substituents is 1. The summed E-state index contributed by atoms with van der Waals surface area (Å²) < 4.78 is 28.0. The molecule has 0 amide bonds. The van der Waals surface area contributed by atoms with Gasteiger partial charge in [-0.2, -0.15) is 0 Å².